The van der Waals surface area contributed by atoms with Gasteiger partial charge in [0.15, 0.2) is 0 Å². The molecule has 5 nitrogen and oxygen atoms in total. The fraction of sp³-hybridized carbons (Fsp3) is 0.467. The molecule has 0 aliphatic carbocycles. The Morgan fingerprint density at radius 1 is 1.15 bits per heavy atom. The molecule has 1 aliphatic rings. The van der Waals surface area contributed by atoms with Crippen molar-refractivity contribution in [3.63, 3.8) is 0 Å². The molecule has 1 heterocycles. The zero-order valence-corrected chi connectivity index (χ0v) is 11.9. The maximum Gasteiger partial charge on any atom is 0.253 e. The van der Waals surface area contributed by atoms with Crippen LogP contribution < -0.4 is 0 Å². The minimum Gasteiger partial charge on any atom is -0.384 e. The second-order valence-electron chi connectivity index (χ2n) is 5.16. The summed E-state index contributed by atoms with van der Waals surface area (Å²) in [6.45, 7) is 5.38. The number of aliphatic hydroxyl groups excluding tert-OH is 1. The predicted octanol–water partition coefficient (Wildman–Crippen LogP) is 0.660. The summed E-state index contributed by atoms with van der Waals surface area (Å²) in [6.07, 6.45) is -0.978. The Kier molecular flexibility index (Phi) is 4.39. The number of hydrogen-bond acceptors (Lipinski definition) is 3. The third-order valence-electron chi connectivity index (χ3n) is 3.50. The van der Waals surface area contributed by atoms with E-state index >= 15 is 0 Å². The number of benzene rings is 1. The maximum atomic E-state index is 12.3. The molecule has 2 amide bonds. The lowest BCUT2D eigenvalue weighted by Gasteiger charge is -2.35. The Hall–Kier alpha value is -1.88. The Morgan fingerprint density at radius 2 is 1.75 bits per heavy atom. The lowest BCUT2D eigenvalue weighted by Crippen LogP contribution is -2.52. The first-order valence-corrected chi connectivity index (χ1v) is 6.82. The molecule has 1 fully saturated rings. The van der Waals surface area contributed by atoms with Crippen molar-refractivity contribution in [3.05, 3.63) is 35.4 Å². The molecule has 1 unspecified atom stereocenters. The average Bonchev–Trinajstić information content (AvgIpc) is 2.46. The quantitative estimate of drug-likeness (QED) is 0.863. The minimum absolute atomic E-state index is 0.00199. The molecule has 0 aromatic heterocycles. The number of hydrogen-bond donors (Lipinski definition) is 1. The van der Waals surface area contributed by atoms with E-state index in [0.717, 1.165) is 5.56 Å². The molecule has 0 radical (unpaired) electrons. The minimum atomic E-state index is -0.978. The summed E-state index contributed by atoms with van der Waals surface area (Å²) in [5.41, 5.74) is 1.74. The highest BCUT2D eigenvalue weighted by molar-refractivity contribution is 5.94. The zero-order valence-electron chi connectivity index (χ0n) is 11.9. The Labute approximate surface area is 118 Å². The summed E-state index contributed by atoms with van der Waals surface area (Å²) >= 11 is 0. The van der Waals surface area contributed by atoms with E-state index in [1.165, 1.54) is 6.92 Å². The molecule has 108 valence electrons. The van der Waals surface area contributed by atoms with Crippen molar-refractivity contribution in [1.29, 1.82) is 0 Å². The monoisotopic (exact) mass is 276 g/mol. The van der Waals surface area contributed by atoms with Gasteiger partial charge in [-0.2, -0.15) is 0 Å². The summed E-state index contributed by atoms with van der Waals surface area (Å²) in [5.74, 6) is -0.273. The van der Waals surface area contributed by atoms with Crippen molar-refractivity contribution in [1.82, 2.24) is 9.80 Å². The molecular formula is C15H20N2O3. The van der Waals surface area contributed by atoms with E-state index in [1.54, 1.807) is 9.80 Å². The van der Waals surface area contributed by atoms with Crippen molar-refractivity contribution in [2.75, 3.05) is 26.2 Å². The molecule has 0 bridgehead atoms. The number of amides is 2. The number of aliphatic hydroxyl groups is 1. The molecule has 0 spiro atoms. The standard InChI is InChI=1S/C15H20N2O3/c1-11-4-3-5-13(10-11)15(20)17-8-6-16(7-9-17)14(19)12(2)18/h3-5,10,12,18H,6-9H2,1-2H3. The summed E-state index contributed by atoms with van der Waals surface area (Å²) in [7, 11) is 0. The van der Waals surface area contributed by atoms with E-state index in [9.17, 15) is 14.7 Å². The van der Waals surface area contributed by atoms with Gasteiger partial charge in [-0.05, 0) is 26.0 Å². The molecule has 1 aromatic carbocycles. The number of carbonyl (C=O) groups is 2. The lowest BCUT2D eigenvalue weighted by molar-refractivity contribution is -0.140. The zero-order chi connectivity index (χ0) is 14.7. The van der Waals surface area contributed by atoms with Gasteiger partial charge in [-0.3, -0.25) is 9.59 Å². The predicted molar refractivity (Wildman–Crippen MR) is 75.3 cm³/mol. The van der Waals surface area contributed by atoms with Gasteiger partial charge in [-0.15, -0.1) is 0 Å². The van der Waals surface area contributed by atoms with E-state index in [-0.39, 0.29) is 11.8 Å². The molecule has 0 saturated carbocycles. The third-order valence-corrected chi connectivity index (χ3v) is 3.50. The lowest BCUT2D eigenvalue weighted by atomic mass is 10.1. The number of rotatable bonds is 2. The normalized spacial score (nSPS) is 16.9. The fourth-order valence-electron chi connectivity index (χ4n) is 2.35. The van der Waals surface area contributed by atoms with Crippen LogP contribution in [0.4, 0.5) is 0 Å². The van der Waals surface area contributed by atoms with Crippen molar-refractivity contribution < 1.29 is 14.7 Å². The van der Waals surface area contributed by atoms with Crippen LogP contribution in [0.1, 0.15) is 22.8 Å². The SMILES string of the molecule is Cc1cccc(C(=O)N2CCN(C(=O)C(C)O)CC2)c1. The van der Waals surface area contributed by atoms with Crippen molar-refractivity contribution in [2.45, 2.75) is 20.0 Å². The first-order valence-electron chi connectivity index (χ1n) is 6.82. The molecule has 1 N–H and O–H groups in total. The van der Waals surface area contributed by atoms with E-state index < -0.39 is 6.10 Å². The molecule has 1 aliphatic heterocycles. The molecular weight excluding hydrogens is 256 g/mol. The van der Waals surface area contributed by atoms with Crippen LogP contribution in [0, 0.1) is 6.92 Å². The highest BCUT2D eigenvalue weighted by Crippen LogP contribution is 2.11. The highest BCUT2D eigenvalue weighted by atomic mass is 16.3. The summed E-state index contributed by atoms with van der Waals surface area (Å²) < 4.78 is 0. The van der Waals surface area contributed by atoms with Gasteiger partial charge >= 0.3 is 0 Å². The highest BCUT2D eigenvalue weighted by Gasteiger charge is 2.26. The number of nitrogens with zero attached hydrogens (tertiary/aromatic N) is 2. The Bertz CT molecular complexity index is 506. The van der Waals surface area contributed by atoms with Crippen LogP contribution in [-0.4, -0.2) is 59.0 Å². The first kappa shape index (κ1) is 14.5. The van der Waals surface area contributed by atoms with Crippen molar-refractivity contribution >= 4 is 11.8 Å². The van der Waals surface area contributed by atoms with E-state index in [4.69, 9.17) is 0 Å². The van der Waals surface area contributed by atoms with Crippen LogP contribution in [-0.2, 0) is 4.79 Å². The average molecular weight is 276 g/mol. The second-order valence-corrected chi connectivity index (χ2v) is 5.16. The molecule has 1 aromatic rings. The van der Waals surface area contributed by atoms with Gasteiger partial charge in [-0.1, -0.05) is 17.7 Å². The van der Waals surface area contributed by atoms with Crippen LogP contribution in [0.15, 0.2) is 24.3 Å². The van der Waals surface area contributed by atoms with Gasteiger partial charge in [-0.25, -0.2) is 0 Å². The molecule has 2 rings (SSSR count). The first-order chi connectivity index (χ1) is 9.49. The van der Waals surface area contributed by atoms with Gasteiger partial charge in [0.2, 0.25) is 0 Å². The fourth-order valence-corrected chi connectivity index (χ4v) is 2.35. The van der Waals surface area contributed by atoms with Gasteiger partial charge in [0.25, 0.3) is 11.8 Å². The second kappa shape index (κ2) is 6.05. The van der Waals surface area contributed by atoms with Gasteiger partial charge in [0.05, 0.1) is 0 Å². The Morgan fingerprint density at radius 3 is 2.30 bits per heavy atom. The van der Waals surface area contributed by atoms with E-state index in [1.807, 2.05) is 31.2 Å². The summed E-state index contributed by atoms with van der Waals surface area (Å²) in [6, 6.07) is 7.50. The Balaban J connectivity index is 1.97. The molecule has 5 heteroatoms. The molecule has 1 atom stereocenters. The largest absolute Gasteiger partial charge is 0.384 e. The molecule has 1 saturated heterocycles. The number of aryl methyl sites for hydroxylation is 1. The number of carbonyl (C=O) groups excluding carboxylic acids is 2. The maximum absolute atomic E-state index is 12.3. The van der Waals surface area contributed by atoms with Gasteiger partial charge in [0.1, 0.15) is 6.10 Å². The molecule has 20 heavy (non-hydrogen) atoms. The van der Waals surface area contributed by atoms with E-state index in [0.29, 0.717) is 31.7 Å². The topological polar surface area (TPSA) is 60.9 Å². The van der Waals surface area contributed by atoms with Gasteiger partial charge < -0.3 is 14.9 Å². The van der Waals surface area contributed by atoms with Crippen LogP contribution in [0.5, 0.6) is 0 Å². The van der Waals surface area contributed by atoms with E-state index in [2.05, 4.69) is 0 Å². The van der Waals surface area contributed by atoms with Crippen molar-refractivity contribution in [3.8, 4) is 0 Å². The van der Waals surface area contributed by atoms with Crippen molar-refractivity contribution in [2.24, 2.45) is 0 Å². The summed E-state index contributed by atoms with van der Waals surface area (Å²) in [4.78, 5) is 27.3. The summed E-state index contributed by atoms with van der Waals surface area (Å²) in [5, 5.41) is 9.29. The van der Waals surface area contributed by atoms with Crippen LogP contribution in [0.3, 0.4) is 0 Å². The van der Waals surface area contributed by atoms with Crippen LogP contribution >= 0.6 is 0 Å². The van der Waals surface area contributed by atoms with Crippen LogP contribution in [0.25, 0.3) is 0 Å². The van der Waals surface area contributed by atoms with Gasteiger partial charge in [0, 0.05) is 31.7 Å². The third kappa shape index (κ3) is 3.17. The van der Waals surface area contributed by atoms with Crippen LogP contribution in [0.2, 0.25) is 0 Å². The number of piperazine rings is 1. The smallest absolute Gasteiger partial charge is 0.253 e.